The van der Waals surface area contributed by atoms with Crippen LogP contribution in [0.1, 0.15) is 29.9 Å². The zero-order valence-electron chi connectivity index (χ0n) is 14.0. The van der Waals surface area contributed by atoms with Crippen molar-refractivity contribution in [3.05, 3.63) is 41.5 Å². The number of aromatic nitrogens is 3. The second-order valence-corrected chi connectivity index (χ2v) is 6.11. The molecule has 0 spiro atoms. The number of alkyl carbamates (subject to hydrolysis) is 1. The van der Waals surface area contributed by atoms with Crippen LogP contribution in [0.4, 0.5) is 9.18 Å². The van der Waals surface area contributed by atoms with Gasteiger partial charge >= 0.3 is 6.09 Å². The highest BCUT2D eigenvalue weighted by Gasteiger charge is 2.47. The number of primary amides is 1. The number of nitrogens with zero attached hydrogens (tertiary/aromatic N) is 3. The van der Waals surface area contributed by atoms with E-state index in [1.54, 1.807) is 0 Å². The molecule has 2 unspecified atom stereocenters. The molecular formula is C16H16FN5O4. The van der Waals surface area contributed by atoms with Crippen LogP contribution in [0.3, 0.4) is 0 Å². The number of carbonyl (C=O) groups excluding carboxylic acids is 3. The Hall–Kier alpha value is -3.30. The van der Waals surface area contributed by atoms with Gasteiger partial charge in [-0.2, -0.15) is 0 Å². The van der Waals surface area contributed by atoms with E-state index < -0.39 is 29.3 Å². The highest BCUT2D eigenvalue weighted by atomic mass is 19.1. The first kappa shape index (κ1) is 17.5. The average molecular weight is 361 g/mol. The number of nitrogens with one attached hydrogen (secondary N) is 1. The van der Waals surface area contributed by atoms with E-state index in [1.165, 1.54) is 32.2 Å². The van der Waals surface area contributed by atoms with Gasteiger partial charge in [0.25, 0.3) is 0 Å². The second kappa shape index (κ2) is 6.21. The van der Waals surface area contributed by atoms with Gasteiger partial charge in [-0.15, -0.1) is 5.10 Å². The van der Waals surface area contributed by atoms with Gasteiger partial charge in [0.1, 0.15) is 28.7 Å². The summed E-state index contributed by atoms with van der Waals surface area (Å²) in [6.07, 6.45) is -0.233. The fourth-order valence-electron chi connectivity index (χ4n) is 2.76. The summed E-state index contributed by atoms with van der Waals surface area (Å²) in [5.41, 5.74) is 4.48. The monoisotopic (exact) mass is 361 g/mol. The van der Waals surface area contributed by atoms with Gasteiger partial charge in [0.05, 0.1) is 12.7 Å². The molecule has 1 aromatic heterocycles. The summed E-state index contributed by atoms with van der Waals surface area (Å²) in [5.74, 6) is -1.76. The number of ether oxygens (including phenoxy) is 1. The van der Waals surface area contributed by atoms with Crippen molar-refractivity contribution in [2.45, 2.75) is 25.4 Å². The summed E-state index contributed by atoms with van der Waals surface area (Å²) in [4.78, 5) is 34.7. The van der Waals surface area contributed by atoms with Gasteiger partial charge < -0.3 is 15.8 Å². The summed E-state index contributed by atoms with van der Waals surface area (Å²) in [5, 5.41) is 9.83. The van der Waals surface area contributed by atoms with E-state index in [-0.39, 0.29) is 29.3 Å². The van der Waals surface area contributed by atoms with Crippen LogP contribution in [0.2, 0.25) is 0 Å². The maximum absolute atomic E-state index is 14.7. The molecule has 0 aliphatic carbocycles. The van der Waals surface area contributed by atoms with E-state index >= 15 is 0 Å². The van der Waals surface area contributed by atoms with E-state index in [0.717, 1.165) is 10.7 Å². The minimum absolute atomic E-state index is 0.0436. The minimum Gasteiger partial charge on any atom is -0.443 e. The first-order valence-electron chi connectivity index (χ1n) is 7.71. The highest BCUT2D eigenvalue weighted by molar-refractivity contribution is 5.91. The molecule has 1 aromatic carbocycles. The van der Waals surface area contributed by atoms with Crippen LogP contribution in [0.5, 0.6) is 0 Å². The average Bonchev–Trinajstić information content (AvgIpc) is 3.23. The molecule has 1 saturated heterocycles. The molecule has 3 rings (SSSR count). The maximum atomic E-state index is 14.7. The zero-order chi connectivity index (χ0) is 19.1. The van der Waals surface area contributed by atoms with Crippen molar-refractivity contribution in [3.63, 3.8) is 0 Å². The molecule has 1 aliphatic heterocycles. The Morgan fingerprint density at radius 2 is 2.19 bits per heavy atom. The smallest absolute Gasteiger partial charge is 0.407 e. The Kier molecular flexibility index (Phi) is 4.18. The lowest BCUT2D eigenvalue weighted by Gasteiger charge is -2.31. The van der Waals surface area contributed by atoms with Gasteiger partial charge in [-0.05, 0) is 24.6 Å². The van der Waals surface area contributed by atoms with Gasteiger partial charge in [-0.3, -0.25) is 9.59 Å². The van der Waals surface area contributed by atoms with Crippen LogP contribution < -0.4 is 11.1 Å². The van der Waals surface area contributed by atoms with E-state index in [0.29, 0.717) is 0 Å². The molecule has 0 saturated carbocycles. The molecule has 0 radical (unpaired) electrons. The number of amides is 2. The van der Waals surface area contributed by atoms with Crippen molar-refractivity contribution in [2.75, 3.05) is 6.54 Å². The molecule has 10 heteroatoms. The third-order valence-electron chi connectivity index (χ3n) is 4.49. The van der Waals surface area contributed by atoms with Crippen molar-refractivity contribution in [2.24, 2.45) is 5.73 Å². The van der Waals surface area contributed by atoms with Crippen molar-refractivity contribution >= 4 is 17.8 Å². The number of Topliss-reactive ketones (excluding diaryl/α,β-unsaturated/α-hetero) is 1. The SMILES string of the molecule is CC(=O)c1cn(-c2ccc(C(C)(C(N)=O)C3CNC(=O)O3)cc2F)nn1. The van der Waals surface area contributed by atoms with E-state index in [1.807, 2.05) is 0 Å². The predicted molar refractivity (Wildman–Crippen MR) is 86.1 cm³/mol. The molecule has 0 bridgehead atoms. The van der Waals surface area contributed by atoms with Gasteiger partial charge in [0, 0.05) is 6.92 Å². The normalized spacial score (nSPS) is 18.7. The Balaban J connectivity index is 2.00. The topological polar surface area (TPSA) is 129 Å². The molecule has 3 N–H and O–H groups in total. The van der Waals surface area contributed by atoms with Gasteiger partial charge in [0.2, 0.25) is 5.91 Å². The summed E-state index contributed by atoms with van der Waals surface area (Å²) < 4.78 is 20.9. The Bertz CT molecular complexity index is 912. The highest BCUT2D eigenvalue weighted by Crippen LogP contribution is 2.32. The van der Waals surface area contributed by atoms with Crippen LogP contribution in [-0.4, -0.2) is 45.4 Å². The molecule has 26 heavy (non-hydrogen) atoms. The van der Waals surface area contributed by atoms with Crippen LogP contribution in [-0.2, 0) is 14.9 Å². The molecule has 136 valence electrons. The standard InChI is InChI=1S/C16H16FN5O4/c1-8(23)11-7-22(21-20-11)12-4-3-9(5-10(12)17)16(2,14(18)24)13-6-19-15(25)26-13/h3-5,7,13H,6H2,1-2H3,(H2,18,24)(H,19,25). The van der Waals surface area contributed by atoms with Crippen LogP contribution in [0, 0.1) is 5.82 Å². The Morgan fingerprint density at radius 3 is 2.69 bits per heavy atom. The lowest BCUT2D eigenvalue weighted by molar-refractivity contribution is -0.126. The van der Waals surface area contributed by atoms with Crippen molar-refractivity contribution < 1.29 is 23.5 Å². The summed E-state index contributed by atoms with van der Waals surface area (Å²) in [7, 11) is 0. The number of cyclic esters (lactones) is 1. The van der Waals surface area contributed by atoms with Crippen LogP contribution in [0.25, 0.3) is 5.69 Å². The number of benzene rings is 1. The van der Waals surface area contributed by atoms with Gasteiger partial charge in [-0.25, -0.2) is 13.9 Å². The molecule has 1 aliphatic rings. The number of halogens is 1. The second-order valence-electron chi connectivity index (χ2n) is 6.11. The number of ketones is 1. The van der Waals surface area contributed by atoms with E-state index in [9.17, 15) is 18.8 Å². The van der Waals surface area contributed by atoms with Crippen molar-refractivity contribution in [1.82, 2.24) is 20.3 Å². The van der Waals surface area contributed by atoms with Gasteiger partial charge in [-0.1, -0.05) is 11.3 Å². The molecule has 1 fully saturated rings. The summed E-state index contributed by atoms with van der Waals surface area (Å²) >= 11 is 0. The van der Waals surface area contributed by atoms with Gasteiger partial charge in [0.15, 0.2) is 5.78 Å². The Labute approximate surface area is 147 Å². The predicted octanol–water partition coefficient (Wildman–Crippen LogP) is 0.460. The molecule has 2 heterocycles. The molecule has 2 atom stereocenters. The lowest BCUT2D eigenvalue weighted by atomic mass is 9.76. The first-order chi connectivity index (χ1) is 12.2. The number of nitrogens with two attached hydrogens (primary N) is 1. The summed E-state index contributed by atoms with van der Waals surface area (Å²) in [6.45, 7) is 2.88. The fraction of sp³-hybridized carbons (Fsp3) is 0.312. The van der Waals surface area contributed by atoms with E-state index in [2.05, 4.69) is 15.6 Å². The number of hydrogen-bond donors (Lipinski definition) is 2. The maximum Gasteiger partial charge on any atom is 0.407 e. The van der Waals surface area contributed by atoms with Crippen molar-refractivity contribution in [3.8, 4) is 5.69 Å². The molecule has 2 amide bonds. The molecule has 9 nitrogen and oxygen atoms in total. The Morgan fingerprint density at radius 1 is 1.46 bits per heavy atom. The first-order valence-corrected chi connectivity index (χ1v) is 7.71. The minimum atomic E-state index is -1.43. The number of rotatable bonds is 5. The molecule has 2 aromatic rings. The van der Waals surface area contributed by atoms with E-state index in [4.69, 9.17) is 10.5 Å². The molecular weight excluding hydrogens is 345 g/mol. The zero-order valence-corrected chi connectivity index (χ0v) is 14.0. The summed E-state index contributed by atoms with van der Waals surface area (Å²) in [6, 6.07) is 4.00. The third kappa shape index (κ3) is 2.79. The number of hydrogen-bond acceptors (Lipinski definition) is 6. The lowest BCUT2D eigenvalue weighted by Crippen LogP contribution is -2.49. The fourth-order valence-corrected chi connectivity index (χ4v) is 2.76. The van der Waals surface area contributed by atoms with Crippen molar-refractivity contribution in [1.29, 1.82) is 0 Å². The third-order valence-corrected chi connectivity index (χ3v) is 4.49. The quantitative estimate of drug-likeness (QED) is 0.744. The largest absolute Gasteiger partial charge is 0.443 e. The van der Waals surface area contributed by atoms with Crippen LogP contribution in [0.15, 0.2) is 24.4 Å². The van der Waals surface area contributed by atoms with Crippen LogP contribution >= 0.6 is 0 Å². The number of carbonyl (C=O) groups is 3.